The normalized spacial score (nSPS) is 15.6. The van der Waals surface area contributed by atoms with E-state index in [9.17, 15) is 18.4 Å². The second-order valence-corrected chi connectivity index (χ2v) is 9.30. The van der Waals surface area contributed by atoms with Crippen LogP contribution in [0.1, 0.15) is 43.2 Å². The Bertz CT molecular complexity index is 1530. The molecule has 9 nitrogen and oxygen atoms in total. The Morgan fingerprint density at radius 1 is 1.14 bits per heavy atom. The van der Waals surface area contributed by atoms with Gasteiger partial charge in [-0.3, -0.25) is 14.3 Å². The van der Waals surface area contributed by atoms with Crippen LogP contribution in [0.3, 0.4) is 0 Å². The van der Waals surface area contributed by atoms with Gasteiger partial charge in [-0.1, -0.05) is 6.07 Å². The highest BCUT2D eigenvalue weighted by Crippen LogP contribution is 2.39. The topological polar surface area (TPSA) is 111 Å². The Morgan fingerprint density at radius 2 is 1.89 bits per heavy atom. The fourth-order valence-corrected chi connectivity index (χ4v) is 4.87. The van der Waals surface area contributed by atoms with Crippen molar-refractivity contribution in [2.75, 3.05) is 23.3 Å². The highest BCUT2D eigenvalue weighted by atomic mass is 19.1. The SMILES string of the molecule is CC(C)n1ncc2c(N3CCC[C@@H]3CN)c(NC(=O)c3ccc(=O)n(-c4c(F)cccc4F)n3)ccc21. The van der Waals surface area contributed by atoms with Crippen molar-refractivity contribution in [3.63, 3.8) is 0 Å². The van der Waals surface area contributed by atoms with Crippen LogP contribution in [-0.2, 0) is 0 Å². The number of nitrogens with two attached hydrogens (primary N) is 1. The predicted molar refractivity (Wildman–Crippen MR) is 137 cm³/mol. The van der Waals surface area contributed by atoms with Gasteiger partial charge in [-0.15, -0.1) is 0 Å². The zero-order valence-electron chi connectivity index (χ0n) is 20.5. The average molecular weight is 508 g/mol. The van der Waals surface area contributed by atoms with Gasteiger partial charge < -0.3 is 16.0 Å². The number of hydrogen-bond acceptors (Lipinski definition) is 6. The van der Waals surface area contributed by atoms with Gasteiger partial charge in [-0.05, 0) is 57.0 Å². The van der Waals surface area contributed by atoms with E-state index < -0.39 is 28.8 Å². The molecule has 0 unspecified atom stereocenters. The van der Waals surface area contributed by atoms with E-state index in [1.54, 1.807) is 12.3 Å². The van der Waals surface area contributed by atoms with E-state index in [0.29, 0.717) is 16.9 Å². The number of fused-ring (bicyclic) bond motifs is 1. The first-order chi connectivity index (χ1) is 17.8. The Balaban J connectivity index is 1.57. The van der Waals surface area contributed by atoms with Crippen LogP contribution >= 0.6 is 0 Å². The fourth-order valence-electron chi connectivity index (χ4n) is 4.87. The van der Waals surface area contributed by atoms with Gasteiger partial charge >= 0.3 is 0 Å². The van der Waals surface area contributed by atoms with Crippen molar-refractivity contribution in [1.82, 2.24) is 19.6 Å². The maximum absolute atomic E-state index is 14.3. The summed E-state index contributed by atoms with van der Waals surface area (Å²) < 4.78 is 31.1. The lowest BCUT2D eigenvalue weighted by Crippen LogP contribution is -2.36. The summed E-state index contributed by atoms with van der Waals surface area (Å²) in [5.74, 6) is -2.57. The molecule has 0 bridgehead atoms. The van der Waals surface area contributed by atoms with Gasteiger partial charge in [0.25, 0.3) is 11.5 Å². The van der Waals surface area contributed by atoms with Crippen LogP contribution in [0.2, 0.25) is 0 Å². The summed E-state index contributed by atoms with van der Waals surface area (Å²) >= 11 is 0. The van der Waals surface area contributed by atoms with Crippen molar-refractivity contribution in [3.8, 4) is 5.69 Å². The molecular formula is C26H27F2N7O2. The van der Waals surface area contributed by atoms with E-state index in [1.165, 1.54) is 12.1 Å². The molecule has 192 valence electrons. The van der Waals surface area contributed by atoms with Crippen LogP contribution in [0.5, 0.6) is 0 Å². The Labute approximate surface area is 211 Å². The molecule has 37 heavy (non-hydrogen) atoms. The number of carbonyl (C=O) groups is 1. The number of rotatable bonds is 6. The minimum atomic E-state index is -0.969. The summed E-state index contributed by atoms with van der Waals surface area (Å²) in [7, 11) is 0. The zero-order chi connectivity index (χ0) is 26.3. The van der Waals surface area contributed by atoms with Crippen molar-refractivity contribution < 1.29 is 13.6 Å². The van der Waals surface area contributed by atoms with Crippen molar-refractivity contribution in [2.24, 2.45) is 5.73 Å². The van der Waals surface area contributed by atoms with Crippen LogP contribution in [0, 0.1) is 11.6 Å². The van der Waals surface area contributed by atoms with Gasteiger partial charge in [0.05, 0.1) is 23.1 Å². The van der Waals surface area contributed by atoms with Crippen molar-refractivity contribution >= 4 is 28.2 Å². The smallest absolute Gasteiger partial charge is 0.276 e. The molecule has 2 aromatic heterocycles. The van der Waals surface area contributed by atoms with Crippen molar-refractivity contribution in [3.05, 3.63) is 76.3 Å². The minimum absolute atomic E-state index is 0.104. The van der Waals surface area contributed by atoms with E-state index in [0.717, 1.165) is 54.2 Å². The van der Waals surface area contributed by atoms with E-state index in [4.69, 9.17) is 5.73 Å². The molecule has 1 fully saturated rings. The molecule has 11 heteroatoms. The number of carbonyl (C=O) groups excluding carboxylic acids is 1. The molecule has 4 aromatic rings. The van der Waals surface area contributed by atoms with Gasteiger partial charge in [-0.25, -0.2) is 8.78 Å². The Morgan fingerprint density at radius 3 is 2.59 bits per heavy atom. The Kier molecular flexibility index (Phi) is 6.46. The predicted octanol–water partition coefficient (Wildman–Crippen LogP) is 3.62. The molecule has 3 heterocycles. The van der Waals surface area contributed by atoms with Crippen LogP contribution < -0.4 is 21.5 Å². The zero-order valence-corrected chi connectivity index (χ0v) is 20.5. The number of para-hydroxylation sites is 1. The molecule has 0 aliphatic carbocycles. The van der Waals surface area contributed by atoms with E-state index in [-0.39, 0.29) is 17.8 Å². The van der Waals surface area contributed by atoms with Gasteiger partial charge in [0.15, 0.2) is 11.6 Å². The first kappa shape index (κ1) is 24.6. The van der Waals surface area contributed by atoms with Gasteiger partial charge in [0, 0.05) is 36.6 Å². The molecule has 1 saturated heterocycles. The van der Waals surface area contributed by atoms with Crippen LogP contribution in [0.15, 0.2) is 53.5 Å². The molecular weight excluding hydrogens is 480 g/mol. The lowest BCUT2D eigenvalue weighted by molar-refractivity contribution is 0.102. The summed E-state index contributed by atoms with van der Waals surface area (Å²) in [6.45, 7) is 5.31. The average Bonchev–Trinajstić information content (AvgIpc) is 3.52. The quantitative estimate of drug-likeness (QED) is 0.412. The molecule has 3 N–H and O–H groups in total. The molecule has 0 spiro atoms. The standard InChI is InChI=1S/C26H27F2N7O2/c1-15(2)34-22-10-8-20(24(17(22)14-30-34)33-12-4-5-16(33)13-29)31-26(37)21-9-11-23(36)35(32-21)25-18(27)6-3-7-19(25)28/h3,6-11,14-16H,4-5,12-13,29H2,1-2H3,(H,31,37)/t16-/m1/s1. The minimum Gasteiger partial charge on any atom is -0.365 e. The molecule has 2 aromatic carbocycles. The number of hydrogen-bond donors (Lipinski definition) is 2. The van der Waals surface area contributed by atoms with Crippen LogP contribution in [0.4, 0.5) is 20.2 Å². The summed E-state index contributed by atoms with van der Waals surface area (Å²) in [6.07, 6.45) is 3.68. The first-order valence-corrected chi connectivity index (χ1v) is 12.1. The third-order valence-corrected chi connectivity index (χ3v) is 6.61. The second kappa shape index (κ2) is 9.74. The summed E-state index contributed by atoms with van der Waals surface area (Å²) in [5.41, 5.74) is 6.72. The van der Waals surface area contributed by atoms with Crippen molar-refractivity contribution in [2.45, 2.75) is 38.8 Å². The summed E-state index contributed by atoms with van der Waals surface area (Å²) in [6, 6.07) is 9.42. The number of aromatic nitrogens is 4. The summed E-state index contributed by atoms with van der Waals surface area (Å²) in [4.78, 5) is 27.9. The number of benzene rings is 2. The number of halogens is 2. The molecule has 1 aliphatic heterocycles. The molecule has 0 saturated carbocycles. The molecule has 0 radical (unpaired) electrons. The number of nitrogens with zero attached hydrogens (tertiary/aromatic N) is 5. The van der Waals surface area contributed by atoms with E-state index in [2.05, 4.69) is 20.4 Å². The maximum Gasteiger partial charge on any atom is 0.276 e. The highest BCUT2D eigenvalue weighted by molar-refractivity contribution is 6.09. The van der Waals surface area contributed by atoms with Crippen molar-refractivity contribution in [1.29, 1.82) is 0 Å². The van der Waals surface area contributed by atoms with Gasteiger partial charge in [-0.2, -0.15) is 14.9 Å². The molecule has 1 aliphatic rings. The largest absolute Gasteiger partial charge is 0.365 e. The van der Waals surface area contributed by atoms with Gasteiger partial charge in [0.1, 0.15) is 11.4 Å². The lowest BCUT2D eigenvalue weighted by Gasteiger charge is -2.29. The second-order valence-electron chi connectivity index (χ2n) is 9.30. The highest BCUT2D eigenvalue weighted by Gasteiger charge is 2.29. The third kappa shape index (κ3) is 4.35. The van der Waals surface area contributed by atoms with Gasteiger partial charge in [0.2, 0.25) is 0 Å². The monoisotopic (exact) mass is 507 g/mol. The van der Waals surface area contributed by atoms with E-state index >= 15 is 0 Å². The number of amides is 1. The number of nitrogens with one attached hydrogen (secondary N) is 1. The molecule has 5 rings (SSSR count). The molecule has 1 amide bonds. The van der Waals surface area contributed by atoms with Crippen LogP contribution in [0.25, 0.3) is 16.6 Å². The number of anilines is 2. The fraction of sp³-hybridized carbons (Fsp3) is 0.308. The summed E-state index contributed by atoms with van der Waals surface area (Å²) in [5, 5.41) is 12.3. The third-order valence-electron chi connectivity index (χ3n) is 6.61. The lowest BCUT2D eigenvalue weighted by atomic mass is 10.1. The van der Waals surface area contributed by atoms with Crippen LogP contribution in [-0.4, -0.2) is 44.6 Å². The maximum atomic E-state index is 14.3. The molecule has 1 atom stereocenters. The van der Waals surface area contributed by atoms with E-state index in [1.807, 2.05) is 24.6 Å². The Hall–Kier alpha value is -4.12. The first-order valence-electron chi connectivity index (χ1n) is 12.1.